The molecule has 0 bridgehead atoms. The van der Waals surface area contributed by atoms with Crippen LogP contribution >= 0.6 is 0 Å². The van der Waals surface area contributed by atoms with Gasteiger partial charge >= 0.3 is 0 Å². The minimum absolute atomic E-state index is 0.284. The number of aryl methyl sites for hydroxylation is 2. The summed E-state index contributed by atoms with van der Waals surface area (Å²) < 4.78 is 22.2. The fraction of sp³-hybridized carbons (Fsp3) is 0.238. The first-order chi connectivity index (χ1) is 14.4. The molecule has 0 unspecified atom stereocenters. The van der Waals surface area contributed by atoms with Crippen molar-refractivity contribution in [1.82, 2.24) is 29.5 Å². The summed E-state index contributed by atoms with van der Waals surface area (Å²) in [5.41, 5.74) is 4.93. The largest absolute Gasteiger partial charge is 0.493 e. The van der Waals surface area contributed by atoms with Gasteiger partial charge < -0.3 is 10.1 Å². The van der Waals surface area contributed by atoms with Crippen LogP contribution in [-0.2, 0) is 0 Å². The van der Waals surface area contributed by atoms with Gasteiger partial charge in [0.05, 0.1) is 35.6 Å². The normalized spacial score (nSPS) is 11.0. The molecule has 0 saturated carbocycles. The van der Waals surface area contributed by atoms with E-state index in [1.807, 2.05) is 33.8 Å². The summed E-state index contributed by atoms with van der Waals surface area (Å²) in [6.45, 7) is 7.66. The molecule has 4 aromatic rings. The van der Waals surface area contributed by atoms with E-state index in [0.29, 0.717) is 11.6 Å². The van der Waals surface area contributed by atoms with Crippen LogP contribution in [0, 0.1) is 33.5 Å². The molecule has 3 aromatic heterocycles. The summed E-state index contributed by atoms with van der Waals surface area (Å²) in [5.74, 6) is 1.68. The number of nitrogens with zero attached hydrogens (tertiary/aromatic N) is 6. The molecule has 9 heteroatoms. The lowest BCUT2D eigenvalue weighted by Crippen LogP contribution is -2.05. The monoisotopic (exact) mass is 407 g/mol. The van der Waals surface area contributed by atoms with Gasteiger partial charge in [0.2, 0.25) is 0 Å². The van der Waals surface area contributed by atoms with E-state index >= 15 is 0 Å². The molecule has 8 nitrogen and oxygen atoms in total. The van der Waals surface area contributed by atoms with E-state index in [-0.39, 0.29) is 5.82 Å². The third-order valence-corrected chi connectivity index (χ3v) is 4.91. The second kappa shape index (κ2) is 7.58. The minimum Gasteiger partial charge on any atom is -0.493 e. The van der Waals surface area contributed by atoms with Crippen molar-refractivity contribution < 1.29 is 9.13 Å². The van der Waals surface area contributed by atoms with Crippen LogP contribution in [0.15, 0.2) is 36.7 Å². The first-order valence-corrected chi connectivity index (χ1v) is 9.41. The third kappa shape index (κ3) is 3.38. The maximum absolute atomic E-state index is 13.3. The van der Waals surface area contributed by atoms with E-state index in [1.165, 1.54) is 18.5 Å². The number of hydrogen-bond acceptors (Lipinski definition) is 6. The number of benzene rings is 1. The van der Waals surface area contributed by atoms with Crippen LogP contribution in [-0.4, -0.2) is 36.6 Å². The lowest BCUT2D eigenvalue weighted by Gasteiger charge is -2.09. The standard InChI is InChI=1S/C21H22FN7O/c1-12-20(14(3)28(26-12)17-8-6-16(22)7-9-17)25-18-10-19(24-11-23-18)29-15(4)21(30-5)13(2)27-29/h6-11H,1-5H3,(H,23,24,25). The molecule has 0 aliphatic heterocycles. The molecule has 0 radical (unpaired) electrons. The van der Waals surface area contributed by atoms with Crippen molar-refractivity contribution in [2.75, 3.05) is 12.4 Å². The average Bonchev–Trinajstić information content (AvgIpc) is 3.18. The van der Waals surface area contributed by atoms with Crippen molar-refractivity contribution in [3.63, 3.8) is 0 Å². The molecule has 4 rings (SSSR count). The molecule has 0 aliphatic carbocycles. The Bertz CT molecular complexity index is 1210. The predicted octanol–water partition coefficient (Wildman–Crippen LogP) is 3.97. The van der Waals surface area contributed by atoms with Crippen molar-refractivity contribution in [3.05, 3.63) is 65.3 Å². The minimum atomic E-state index is -0.284. The average molecular weight is 407 g/mol. The van der Waals surface area contributed by atoms with Crippen LogP contribution in [0.3, 0.4) is 0 Å². The van der Waals surface area contributed by atoms with Gasteiger partial charge in [0.15, 0.2) is 11.6 Å². The Morgan fingerprint density at radius 3 is 2.27 bits per heavy atom. The zero-order valence-corrected chi connectivity index (χ0v) is 17.4. The van der Waals surface area contributed by atoms with E-state index in [9.17, 15) is 4.39 Å². The van der Waals surface area contributed by atoms with Gasteiger partial charge in [-0.25, -0.2) is 23.7 Å². The van der Waals surface area contributed by atoms with Crippen LogP contribution in [0.5, 0.6) is 5.75 Å². The number of halogens is 1. The van der Waals surface area contributed by atoms with Gasteiger partial charge in [0.1, 0.15) is 23.7 Å². The van der Waals surface area contributed by atoms with Gasteiger partial charge in [-0.1, -0.05) is 0 Å². The van der Waals surface area contributed by atoms with Crippen LogP contribution in [0.4, 0.5) is 15.9 Å². The molecule has 0 fully saturated rings. The molecular weight excluding hydrogens is 385 g/mol. The lowest BCUT2D eigenvalue weighted by molar-refractivity contribution is 0.408. The zero-order chi connectivity index (χ0) is 21.4. The van der Waals surface area contributed by atoms with Crippen molar-refractivity contribution in [2.45, 2.75) is 27.7 Å². The zero-order valence-electron chi connectivity index (χ0n) is 17.4. The summed E-state index contributed by atoms with van der Waals surface area (Å²) in [7, 11) is 1.62. The predicted molar refractivity (Wildman–Crippen MR) is 111 cm³/mol. The van der Waals surface area contributed by atoms with Gasteiger partial charge in [0, 0.05) is 6.07 Å². The fourth-order valence-corrected chi connectivity index (χ4v) is 3.46. The van der Waals surface area contributed by atoms with Crippen molar-refractivity contribution in [1.29, 1.82) is 0 Å². The Kier molecular flexibility index (Phi) is 4.94. The third-order valence-electron chi connectivity index (χ3n) is 4.91. The number of methoxy groups -OCH3 is 1. The molecule has 154 valence electrons. The van der Waals surface area contributed by atoms with Crippen LogP contribution in [0.25, 0.3) is 11.5 Å². The summed E-state index contributed by atoms with van der Waals surface area (Å²) >= 11 is 0. The maximum atomic E-state index is 13.3. The van der Waals surface area contributed by atoms with Gasteiger partial charge in [-0.2, -0.15) is 10.2 Å². The summed E-state index contributed by atoms with van der Waals surface area (Å²) in [6.07, 6.45) is 1.48. The summed E-state index contributed by atoms with van der Waals surface area (Å²) in [6, 6.07) is 8.03. The Labute approximate surface area is 173 Å². The van der Waals surface area contributed by atoms with Crippen LogP contribution in [0.1, 0.15) is 22.8 Å². The Balaban J connectivity index is 1.68. The highest BCUT2D eigenvalue weighted by molar-refractivity contribution is 5.63. The summed E-state index contributed by atoms with van der Waals surface area (Å²) in [4.78, 5) is 8.68. The van der Waals surface area contributed by atoms with E-state index < -0.39 is 0 Å². The number of nitrogens with one attached hydrogen (secondary N) is 1. The number of anilines is 2. The second-order valence-corrected chi connectivity index (χ2v) is 6.94. The number of aromatic nitrogens is 6. The SMILES string of the molecule is COc1c(C)nn(-c2cc(Nc3c(C)nn(-c4ccc(F)cc4)c3C)ncn2)c1C. The Hall–Kier alpha value is -3.75. The second-order valence-electron chi connectivity index (χ2n) is 6.94. The van der Waals surface area contributed by atoms with Crippen LogP contribution in [0.2, 0.25) is 0 Å². The fourth-order valence-electron chi connectivity index (χ4n) is 3.46. The van der Waals surface area contributed by atoms with Crippen molar-refractivity contribution in [2.24, 2.45) is 0 Å². The quantitative estimate of drug-likeness (QED) is 0.539. The lowest BCUT2D eigenvalue weighted by atomic mass is 10.3. The van der Waals surface area contributed by atoms with Crippen molar-refractivity contribution in [3.8, 4) is 17.3 Å². The molecule has 1 N–H and O–H groups in total. The highest BCUT2D eigenvalue weighted by Crippen LogP contribution is 2.28. The number of ether oxygens (including phenoxy) is 1. The number of hydrogen-bond donors (Lipinski definition) is 1. The van der Waals surface area contributed by atoms with Gasteiger partial charge in [0.25, 0.3) is 0 Å². The smallest absolute Gasteiger partial charge is 0.163 e. The van der Waals surface area contributed by atoms with Gasteiger partial charge in [-0.3, -0.25) is 0 Å². The molecule has 3 heterocycles. The summed E-state index contributed by atoms with van der Waals surface area (Å²) in [5, 5.41) is 12.4. The molecular formula is C21H22FN7O. The first-order valence-electron chi connectivity index (χ1n) is 9.41. The number of rotatable bonds is 5. The Morgan fingerprint density at radius 2 is 1.60 bits per heavy atom. The molecule has 0 atom stereocenters. The molecule has 0 aliphatic rings. The van der Waals surface area contributed by atoms with Gasteiger partial charge in [-0.15, -0.1) is 0 Å². The highest BCUT2D eigenvalue weighted by atomic mass is 19.1. The van der Waals surface area contributed by atoms with E-state index in [0.717, 1.165) is 39.9 Å². The van der Waals surface area contributed by atoms with Crippen molar-refractivity contribution >= 4 is 11.5 Å². The van der Waals surface area contributed by atoms with E-state index in [1.54, 1.807) is 28.6 Å². The highest BCUT2D eigenvalue weighted by Gasteiger charge is 2.16. The van der Waals surface area contributed by atoms with E-state index in [4.69, 9.17) is 4.74 Å². The van der Waals surface area contributed by atoms with Gasteiger partial charge in [-0.05, 0) is 52.0 Å². The molecule has 0 saturated heterocycles. The molecule has 1 aromatic carbocycles. The maximum Gasteiger partial charge on any atom is 0.163 e. The first kappa shape index (κ1) is 19.6. The molecule has 30 heavy (non-hydrogen) atoms. The molecule has 0 amide bonds. The van der Waals surface area contributed by atoms with Crippen LogP contribution < -0.4 is 10.1 Å². The Morgan fingerprint density at radius 1 is 0.900 bits per heavy atom. The topological polar surface area (TPSA) is 82.7 Å². The van der Waals surface area contributed by atoms with E-state index in [2.05, 4.69) is 25.5 Å². The molecule has 0 spiro atoms.